The van der Waals surface area contributed by atoms with E-state index >= 15 is 0 Å². The van der Waals surface area contributed by atoms with Crippen molar-refractivity contribution >= 4 is 22.7 Å². The molecule has 0 radical (unpaired) electrons. The first-order chi connectivity index (χ1) is 8.50. The molecule has 0 amide bonds. The third-order valence-corrected chi connectivity index (χ3v) is 4.63. The van der Waals surface area contributed by atoms with Gasteiger partial charge in [-0.15, -0.1) is 22.7 Å². The SMILES string of the molecule is CNCc1sc(Cc2cccs2)nc1C(C)(C)C. The molecule has 0 saturated carbocycles. The van der Waals surface area contributed by atoms with Crippen molar-refractivity contribution in [2.45, 2.75) is 39.2 Å². The molecule has 0 atom stereocenters. The number of thiazole rings is 1. The summed E-state index contributed by atoms with van der Waals surface area (Å²) < 4.78 is 0. The van der Waals surface area contributed by atoms with Crippen molar-refractivity contribution in [3.63, 3.8) is 0 Å². The fourth-order valence-corrected chi connectivity index (χ4v) is 4.02. The van der Waals surface area contributed by atoms with Crippen LogP contribution >= 0.6 is 22.7 Å². The van der Waals surface area contributed by atoms with E-state index in [4.69, 9.17) is 4.98 Å². The molecule has 2 nitrogen and oxygen atoms in total. The van der Waals surface area contributed by atoms with Crippen LogP contribution in [0.5, 0.6) is 0 Å². The Morgan fingerprint density at radius 2 is 2.11 bits per heavy atom. The van der Waals surface area contributed by atoms with Crippen LogP contribution < -0.4 is 5.32 Å². The second-order valence-corrected chi connectivity index (χ2v) is 7.62. The Balaban J connectivity index is 2.27. The van der Waals surface area contributed by atoms with Gasteiger partial charge in [-0.3, -0.25) is 0 Å². The fraction of sp³-hybridized carbons (Fsp3) is 0.500. The van der Waals surface area contributed by atoms with Crippen LogP contribution in [0.2, 0.25) is 0 Å². The number of hydrogen-bond acceptors (Lipinski definition) is 4. The molecule has 0 fully saturated rings. The van der Waals surface area contributed by atoms with Crippen LogP contribution in [0.3, 0.4) is 0 Å². The predicted molar refractivity (Wildman–Crippen MR) is 80.7 cm³/mol. The molecule has 2 aromatic heterocycles. The third kappa shape index (κ3) is 3.19. The van der Waals surface area contributed by atoms with E-state index in [2.05, 4.69) is 43.6 Å². The van der Waals surface area contributed by atoms with Crippen molar-refractivity contribution in [3.05, 3.63) is 38.0 Å². The molecule has 0 aliphatic heterocycles. The third-order valence-electron chi connectivity index (χ3n) is 2.69. The van der Waals surface area contributed by atoms with Gasteiger partial charge in [0.25, 0.3) is 0 Å². The van der Waals surface area contributed by atoms with E-state index in [1.54, 1.807) is 11.3 Å². The molecular formula is C14H20N2S2. The van der Waals surface area contributed by atoms with Crippen molar-refractivity contribution in [1.82, 2.24) is 10.3 Å². The van der Waals surface area contributed by atoms with Crippen LogP contribution in [0.25, 0.3) is 0 Å². The molecule has 0 spiro atoms. The lowest BCUT2D eigenvalue weighted by atomic mass is 9.91. The Morgan fingerprint density at radius 3 is 2.67 bits per heavy atom. The summed E-state index contributed by atoms with van der Waals surface area (Å²) in [6, 6.07) is 4.29. The minimum atomic E-state index is 0.121. The van der Waals surface area contributed by atoms with Crippen LogP contribution in [0, 0.1) is 0 Å². The monoisotopic (exact) mass is 280 g/mol. The average molecular weight is 280 g/mol. The van der Waals surface area contributed by atoms with E-state index in [1.165, 1.54) is 20.5 Å². The predicted octanol–water partition coefficient (Wildman–Crippen LogP) is 3.81. The van der Waals surface area contributed by atoms with Crippen LogP contribution in [0.15, 0.2) is 17.5 Å². The summed E-state index contributed by atoms with van der Waals surface area (Å²) in [7, 11) is 1.99. The topological polar surface area (TPSA) is 24.9 Å². The Bertz CT molecular complexity index is 492. The lowest BCUT2D eigenvalue weighted by Crippen LogP contribution is -2.16. The number of thiophene rings is 1. The van der Waals surface area contributed by atoms with Crippen molar-refractivity contribution < 1.29 is 0 Å². The van der Waals surface area contributed by atoms with E-state index in [-0.39, 0.29) is 5.41 Å². The molecule has 0 aliphatic carbocycles. The molecule has 2 rings (SSSR count). The number of hydrogen-bond donors (Lipinski definition) is 1. The fourth-order valence-electron chi connectivity index (χ4n) is 1.90. The van der Waals surface area contributed by atoms with Gasteiger partial charge in [-0.1, -0.05) is 26.8 Å². The van der Waals surface area contributed by atoms with Crippen LogP contribution in [0.1, 0.15) is 41.2 Å². The first kappa shape index (κ1) is 13.7. The zero-order valence-corrected chi connectivity index (χ0v) is 13.0. The van der Waals surface area contributed by atoms with Crippen molar-refractivity contribution in [3.8, 4) is 0 Å². The van der Waals surface area contributed by atoms with E-state index in [1.807, 2.05) is 18.4 Å². The van der Waals surface area contributed by atoms with Gasteiger partial charge in [0, 0.05) is 28.1 Å². The highest BCUT2D eigenvalue weighted by molar-refractivity contribution is 7.12. The highest BCUT2D eigenvalue weighted by Gasteiger charge is 2.22. The molecule has 4 heteroatoms. The lowest BCUT2D eigenvalue weighted by Gasteiger charge is -2.17. The summed E-state index contributed by atoms with van der Waals surface area (Å²) in [5.41, 5.74) is 1.37. The molecule has 0 saturated heterocycles. The lowest BCUT2D eigenvalue weighted by molar-refractivity contribution is 0.561. The summed E-state index contributed by atoms with van der Waals surface area (Å²) >= 11 is 3.65. The van der Waals surface area contributed by atoms with Crippen LogP contribution in [0.4, 0.5) is 0 Å². The summed E-state index contributed by atoms with van der Waals surface area (Å²) in [6.07, 6.45) is 0.967. The van der Waals surface area contributed by atoms with Crippen molar-refractivity contribution in [2.75, 3.05) is 7.05 Å². The van der Waals surface area contributed by atoms with E-state index < -0.39 is 0 Å². The van der Waals surface area contributed by atoms with E-state index in [0.717, 1.165) is 13.0 Å². The highest BCUT2D eigenvalue weighted by Crippen LogP contribution is 2.31. The Kier molecular flexibility index (Phi) is 4.20. The summed E-state index contributed by atoms with van der Waals surface area (Å²) in [4.78, 5) is 7.62. The Morgan fingerprint density at radius 1 is 1.33 bits per heavy atom. The van der Waals surface area contributed by atoms with Crippen molar-refractivity contribution in [1.29, 1.82) is 0 Å². The normalized spacial score (nSPS) is 12.0. The highest BCUT2D eigenvalue weighted by atomic mass is 32.1. The second-order valence-electron chi connectivity index (χ2n) is 5.42. The summed E-state index contributed by atoms with van der Waals surface area (Å²) in [5, 5.41) is 6.60. The van der Waals surface area contributed by atoms with Gasteiger partial charge < -0.3 is 5.32 Å². The number of nitrogens with zero attached hydrogens (tertiary/aromatic N) is 1. The standard InChI is InChI=1S/C14H20N2S2/c1-14(2,3)13-11(9-15-4)18-12(16-13)8-10-6-5-7-17-10/h5-7,15H,8-9H2,1-4H3. The maximum absolute atomic E-state index is 4.86. The number of nitrogens with one attached hydrogen (secondary N) is 1. The minimum absolute atomic E-state index is 0.121. The first-order valence-electron chi connectivity index (χ1n) is 6.16. The molecule has 98 valence electrons. The van der Waals surface area contributed by atoms with E-state index in [9.17, 15) is 0 Å². The summed E-state index contributed by atoms with van der Waals surface area (Å²) in [5.74, 6) is 0. The van der Waals surface area contributed by atoms with Gasteiger partial charge in [0.15, 0.2) is 0 Å². The molecule has 2 heterocycles. The molecule has 1 N–H and O–H groups in total. The molecule has 0 aromatic carbocycles. The molecular weight excluding hydrogens is 260 g/mol. The van der Waals surface area contributed by atoms with Gasteiger partial charge >= 0.3 is 0 Å². The molecule has 0 aliphatic rings. The largest absolute Gasteiger partial charge is 0.315 e. The smallest absolute Gasteiger partial charge is 0.0983 e. The second kappa shape index (κ2) is 5.51. The minimum Gasteiger partial charge on any atom is -0.315 e. The maximum atomic E-state index is 4.86. The zero-order chi connectivity index (χ0) is 13.2. The maximum Gasteiger partial charge on any atom is 0.0983 e. The first-order valence-corrected chi connectivity index (χ1v) is 7.86. The Hall–Kier alpha value is -0.710. The zero-order valence-electron chi connectivity index (χ0n) is 11.4. The van der Waals surface area contributed by atoms with Gasteiger partial charge in [-0.25, -0.2) is 4.98 Å². The van der Waals surface area contributed by atoms with Gasteiger partial charge in [0.2, 0.25) is 0 Å². The number of aromatic nitrogens is 1. The average Bonchev–Trinajstić information content (AvgIpc) is 2.88. The van der Waals surface area contributed by atoms with Crippen LogP contribution in [-0.2, 0) is 18.4 Å². The quantitative estimate of drug-likeness (QED) is 0.921. The van der Waals surface area contributed by atoms with Gasteiger partial charge in [0.1, 0.15) is 0 Å². The van der Waals surface area contributed by atoms with E-state index in [0.29, 0.717) is 0 Å². The van der Waals surface area contributed by atoms with Gasteiger partial charge in [-0.2, -0.15) is 0 Å². The number of rotatable bonds is 4. The molecule has 2 aromatic rings. The Labute approximate surface area is 117 Å². The molecule has 0 unspecified atom stereocenters. The van der Waals surface area contributed by atoms with Gasteiger partial charge in [0.05, 0.1) is 10.7 Å². The van der Waals surface area contributed by atoms with Gasteiger partial charge in [-0.05, 0) is 18.5 Å². The van der Waals surface area contributed by atoms with Crippen LogP contribution in [-0.4, -0.2) is 12.0 Å². The molecule has 18 heavy (non-hydrogen) atoms. The van der Waals surface area contributed by atoms with Crippen molar-refractivity contribution in [2.24, 2.45) is 0 Å². The molecule has 0 bridgehead atoms. The summed E-state index contributed by atoms with van der Waals surface area (Å²) in [6.45, 7) is 7.61.